The third kappa shape index (κ3) is 2.45. The lowest BCUT2D eigenvalue weighted by Gasteiger charge is -2.30. The maximum absolute atomic E-state index is 12.5. The molecule has 2 heterocycles. The molecule has 2 aliphatic heterocycles. The van der Waals surface area contributed by atoms with Crippen molar-refractivity contribution >= 4 is 29.1 Å². The van der Waals surface area contributed by atoms with Gasteiger partial charge < -0.3 is 0 Å². The van der Waals surface area contributed by atoms with Crippen molar-refractivity contribution in [3.05, 3.63) is 29.3 Å². The van der Waals surface area contributed by atoms with E-state index < -0.39 is 0 Å². The molecule has 5 heteroatoms. The molecule has 2 amide bonds. The molecule has 20 heavy (non-hydrogen) atoms. The molecule has 0 unspecified atom stereocenters. The van der Waals surface area contributed by atoms with Crippen LogP contribution in [-0.4, -0.2) is 35.8 Å². The molecular weight excluding hydrogens is 276 g/mol. The van der Waals surface area contributed by atoms with E-state index in [0.717, 1.165) is 25.9 Å². The molecule has 0 N–H and O–H groups in total. The van der Waals surface area contributed by atoms with Gasteiger partial charge in [0.05, 0.1) is 18.2 Å². The summed E-state index contributed by atoms with van der Waals surface area (Å²) in [6.45, 7) is 1.82. The predicted octanol–water partition coefficient (Wildman–Crippen LogP) is 2.46. The van der Waals surface area contributed by atoms with Crippen LogP contribution in [0.1, 0.15) is 25.7 Å². The second-order valence-electron chi connectivity index (χ2n) is 5.36. The Labute approximate surface area is 123 Å². The zero-order chi connectivity index (χ0) is 14.1. The minimum absolute atomic E-state index is 0.112. The zero-order valence-corrected chi connectivity index (χ0v) is 12.0. The van der Waals surface area contributed by atoms with Crippen LogP contribution >= 0.6 is 11.6 Å². The third-order valence-electron chi connectivity index (χ3n) is 4.02. The van der Waals surface area contributed by atoms with Gasteiger partial charge in [0, 0.05) is 5.02 Å². The standard InChI is InChI=1S/C15H17ClN2O2/c16-11-5-4-6-12(9-11)18-14(19)10-13(15(18)20)17-7-2-1-3-8-17/h4-6,9,13H,1-3,7-8,10H2/t13-/m1/s1. The molecule has 1 aromatic carbocycles. The van der Waals surface area contributed by atoms with Gasteiger partial charge in [-0.15, -0.1) is 0 Å². The first-order valence-electron chi connectivity index (χ1n) is 7.03. The summed E-state index contributed by atoms with van der Waals surface area (Å²) in [5, 5.41) is 0.532. The first-order chi connectivity index (χ1) is 9.66. The van der Waals surface area contributed by atoms with Gasteiger partial charge in [-0.2, -0.15) is 0 Å². The smallest absolute Gasteiger partial charge is 0.251 e. The second-order valence-corrected chi connectivity index (χ2v) is 5.80. The van der Waals surface area contributed by atoms with Crippen LogP contribution in [0.25, 0.3) is 0 Å². The van der Waals surface area contributed by atoms with Crippen molar-refractivity contribution in [1.29, 1.82) is 0 Å². The van der Waals surface area contributed by atoms with Gasteiger partial charge in [0.25, 0.3) is 5.91 Å². The fourth-order valence-corrected chi connectivity index (χ4v) is 3.20. The van der Waals surface area contributed by atoms with Crippen LogP contribution in [0.4, 0.5) is 5.69 Å². The molecule has 0 bridgehead atoms. The van der Waals surface area contributed by atoms with Crippen LogP contribution in [0.5, 0.6) is 0 Å². The van der Waals surface area contributed by atoms with E-state index in [4.69, 9.17) is 11.6 Å². The summed E-state index contributed by atoms with van der Waals surface area (Å²) in [4.78, 5) is 28.2. The molecule has 0 radical (unpaired) electrons. The molecule has 4 nitrogen and oxygen atoms in total. The molecule has 2 fully saturated rings. The lowest BCUT2D eigenvalue weighted by molar-refractivity contribution is -0.123. The van der Waals surface area contributed by atoms with Gasteiger partial charge in [0.1, 0.15) is 0 Å². The van der Waals surface area contributed by atoms with Crippen molar-refractivity contribution in [2.45, 2.75) is 31.7 Å². The summed E-state index contributed by atoms with van der Waals surface area (Å²) in [5.74, 6) is -0.244. The number of carbonyl (C=O) groups excluding carboxylic acids is 2. The van der Waals surface area contributed by atoms with E-state index in [0.29, 0.717) is 10.7 Å². The van der Waals surface area contributed by atoms with Crippen LogP contribution in [0.2, 0.25) is 5.02 Å². The fraction of sp³-hybridized carbons (Fsp3) is 0.467. The summed E-state index contributed by atoms with van der Waals surface area (Å²) in [6, 6.07) is 6.61. The van der Waals surface area contributed by atoms with Gasteiger partial charge in [0.15, 0.2) is 0 Å². The van der Waals surface area contributed by atoms with E-state index in [9.17, 15) is 9.59 Å². The summed E-state index contributed by atoms with van der Waals surface area (Å²) >= 11 is 5.94. The number of carbonyl (C=O) groups is 2. The highest BCUT2D eigenvalue weighted by Gasteiger charge is 2.42. The Hall–Kier alpha value is -1.39. The second kappa shape index (κ2) is 5.54. The monoisotopic (exact) mass is 292 g/mol. The molecule has 2 saturated heterocycles. The summed E-state index contributed by atoms with van der Waals surface area (Å²) in [5.41, 5.74) is 0.576. The number of piperidine rings is 1. The fourth-order valence-electron chi connectivity index (χ4n) is 3.02. The molecule has 106 valence electrons. The van der Waals surface area contributed by atoms with Crippen molar-refractivity contribution in [3.8, 4) is 0 Å². The van der Waals surface area contributed by atoms with Crippen LogP contribution in [0, 0.1) is 0 Å². The van der Waals surface area contributed by atoms with E-state index in [1.165, 1.54) is 11.3 Å². The number of benzene rings is 1. The topological polar surface area (TPSA) is 40.6 Å². The maximum Gasteiger partial charge on any atom is 0.251 e. The van der Waals surface area contributed by atoms with E-state index in [1.54, 1.807) is 24.3 Å². The van der Waals surface area contributed by atoms with Crippen LogP contribution in [0.3, 0.4) is 0 Å². The Balaban J connectivity index is 1.83. The van der Waals surface area contributed by atoms with E-state index in [1.807, 2.05) is 0 Å². The minimum atomic E-state index is -0.290. The summed E-state index contributed by atoms with van der Waals surface area (Å²) in [7, 11) is 0. The number of hydrogen-bond acceptors (Lipinski definition) is 3. The van der Waals surface area contributed by atoms with Gasteiger partial charge >= 0.3 is 0 Å². The number of nitrogens with zero attached hydrogens (tertiary/aromatic N) is 2. The molecule has 2 aliphatic rings. The minimum Gasteiger partial charge on any atom is -0.292 e. The molecule has 0 spiro atoms. The third-order valence-corrected chi connectivity index (χ3v) is 4.26. The quantitative estimate of drug-likeness (QED) is 0.786. The Kier molecular flexibility index (Phi) is 3.76. The van der Waals surface area contributed by atoms with Gasteiger partial charge in [-0.1, -0.05) is 24.1 Å². The van der Waals surface area contributed by atoms with E-state index >= 15 is 0 Å². The Morgan fingerprint density at radius 2 is 1.85 bits per heavy atom. The van der Waals surface area contributed by atoms with Gasteiger partial charge in [0.2, 0.25) is 5.91 Å². The van der Waals surface area contributed by atoms with Crippen molar-refractivity contribution in [2.24, 2.45) is 0 Å². The number of anilines is 1. The number of halogens is 1. The average molecular weight is 293 g/mol. The van der Waals surface area contributed by atoms with Crippen LogP contribution in [0.15, 0.2) is 24.3 Å². The average Bonchev–Trinajstić information content (AvgIpc) is 2.75. The lowest BCUT2D eigenvalue weighted by Crippen LogP contribution is -2.44. The molecule has 3 rings (SSSR count). The van der Waals surface area contributed by atoms with E-state index in [2.05, 4.69) is 4.90 Å². The molecule has 1 atom stereocenters. The van der Waals surface area contributed by atoms with Crippen LogP contribution in [-0.2, 0) is 9.59 Å². The Morgan fingerprint density at radius 1 is 1.10 bits per heavy atom. The largest absolute Gasteiger partial charge is 0.292 e. The molecular formula is C15H17ClN2O2. The first-order valence-corrected chi connectivity index (χ1v) is 7.41. The number of hydrogen-bond donors (Lipinski definition) is 0. The van der Waals surface area contributed by atoms with Gasteiger partial charge in [-0.25, -0.2) is 4.90 Å². The van der Waals surface area contributed by atoms with Crippen molar-refractivity contribution in [1.82, 2.24) is 4.90 Å². The summed E-state index contributed by atoms with van der Waals surface area (Å²) < 4.78 is 0. The SMILES string of the molecule is O=C1C[C@@H](N2CCCCC2)C(=O)N1c1cccc(Cl)c1. The van der Waals surface area contributed by atoms with Crippen molar-refractivity contribution in [3.63, 3.8) is 0 Å². The van der Waals surface area contributed by atoms with E-state index in [-0.39, 0.29) is 24.3 Å². The van der Waals surface area contributed by atoms with Crippen molar-refractivity contribution < 1.29 is 9.59 Å². The predicted molar refractivity (Wildman–Crippen MR) is 77.8 cm³/mol. The number of likely N-dealkylation sites (tertiary alicyclic amines) is 1. The maximum atomic E-state index is 12.5. The van der Waals surface area contributed by atoms with Crippen molar-refractivity contribution in [2.75, 3.05) is 18.0 Å². The number of rotatable bonds is 2. The molecule has 0 aliphatic carbocycles. The number of imide groups is 1. The molecule has 0 saturated carbocycles. The Bertz CT molecular complexity index is 540. The zero-order valence-electron chi connectivity index (χ0n) is 11.2. The lowest BCUT2D eigenvalue weighted by atomic mass is 10.1. The highest BCUT2D eigenvalue weighted by Crippen LogP contribution is 2.28. The summed E-state index contributed by atoms with van der Waals surface area (Å²) in [6.07, 6.45) is 3.71. The normalized spacial score (nSPS) is 24.4. The van der Waals surface area contributed by atoms with Crippen LogP contribution < -0.4 is 4.90 Å². The molecule has 1 aromatic rings. The highest BCUT2D eigenvalue weighted by atomic mass is 35.5. The Morgan fingerprint density at radius 3 is 2.55 bits per heavy atom. The molecule has 0 aromatic heterocycles. The highest BCUT2D eigenvalue weighted by molar-refractivity contribution is 6.31. The number of amides is 2. The van der Waals surface area contributed by atoms with Gasteiger partial charge in [-0.05, 0) is 44.1 Å². The first kappa shape index (κ1) is 13.6. The van der Waals surface area contributed by atoms with Gasteiger partial charge in [-0.3, -0.25) is 14.5 Å².